The van der Waals surface area contributed by atoms with Crippen LogP contribution in [0.5, 0.6) is 0 Å². The van der Waals surface area contributed by atoms with Crippen molar-refractivity contribution in [2.24, 2.45) is 0 Å². The molecule has 0 fully saturated rings. The number of hydrogen-bond donors (Lipinski definition) is 0. The lowest BCUT2D eigenvalue weighted by molar-refractivity contribution is 0.682. The van der Waals surface area contributed by atoms with Crippen LogP contribution in [0.25, 0.3) is 0 Å². The zero-order chi connectivity index (χ0) is 13.9. The van der Waals surface area contributed by atoms with E-state index in [1.165, 1.54) is 17.5 Å². The summed E-state index contributed by atoms with van der Waals surface area (Å²) in [5.74, 6) is 0.405. The van der Waals surface area contributed by atoms with Gasteiger partial charge in [0.05, 0.1) is 28.2 Å². The number of aryl methyl sites for hydroxylation is 2. The quantitative estimate of drug-likeness (QED) is 0.865. The number of rotatable bonds is 3. The van der Waals surface area contributed by atoms with Gasteiger partial charge < -0.3 is 0 Å². The Labute approximate surface area is 121 Å². The van der Waals surface area contributed by atoms with Crippen molar-refractivity contribution in [2.75, 3.05) is 0 Å². The lowest BCUT2D eigenvalue weighted by Gasteiger charge is -2.06. The Morgan fingerprint density at radius 3 is 2.75 bits per heavy atom. The van der Waals surface area contributed by atoms with Gasteiger partial charge in [-0.25, -0.2) is 0 Å². The van der Waals surface area contributed by atoms with Crippen LogP contribution >= 0.6 is 0 Å². The number of fused-ring (bicyclic) bond motifs is 1. The van der Waals surface area contributed by atoms with E-state index in [2.05, 4.69) is 18.2 Å². The van der Waals surface area contributed by atoms with Gasteiger partial charge in [0.25, 0.3) is 0 Å². The first-order valence-corrected chi connectivity index (χ1v) is 8.08. The summed E-state index contributed by atoms with van der Waals surface area (Å²) in [5.41, 5.74) is 4.20. The second-order valence-corrected chi connectivity index (χ2v) is 6.49. The predicted molar refractivity (Wildman–Crippen MR) is 79.7 cm³/mol. The summed E-state index contributed by atoms with van der Waals surface area (Å²) in [5, 5.41) is 9.08. The van der Waals surface area contributed by atoms with E-state index in [-0.39, 0.29) is 0 Å². The summed E-state index contributed by atoms with van der Waals surface area (Å²) in [6, 6.07) is 15.7. The molecule has 0 radical (unpaired) electrons. The standard InChI is InChI=1S/C17H15NOS/c18-11-15-4-1-2-5-16(15)12-20(19)17-9-8-13-6-3-7-14(13)10-17/h1-2,4-5,8-10H,3,6-7,12H2. The predicted octanol–water partition coefficient (Wildman–Crippen LogP) is 3.35. The fraction of sp³-hybridized carbons (Fsp3) is 0.235. The molecule has 3 heteroatoms. The van der Waals surface area contributed by atoms with Gasteiger partial charge in [0.2, 0.25) is 0 Å². The highest BCUT2D eigenvalue weighted by atomic mass is 32.2. The summed E-state index contributed by atoms with van der Waals surface area (Å²) < 4.78 is 12.5. The summed E-state index contributed by atoms with van der Waals surface area (Å²) in [4.78, 5) is 0.874. The van der Waals surface area contributed by atoms with Gasteiger partial charge in [0.15, 0.2) is 0 Å². The first-order valence-electron chi connectivity index (χ1n) is 6.76. The zero-order valence-corrected chi connectivity index (χ0v) is 12.0. The number of nitrogens with zero attached hydrogens (tertiary/aromatic N) is 1. The minimum absolute atomic E-state index is 0.405. The maximum atomic E-state index is 12.5. The van der Waals surface area contributed by atoms with E-state index in [4.69, 9.17) is 5.26 Å². The van der Waals surface area contributed by atoms with E-state index in [0.29, 0.717) is 11.3 Å². The Morgan fingerprint density at radius 1 is 1.10 bits per heavy atom. The molecule has 0 saturated heterocycles. The van der Waals surface area contributed by atoms with Crippen molar-refractivity contribution in [3.05, 3.63) is 64.7 Å². The lowest BCUT2D eigenvalue weighted by Crippen LogP contribution is -1.99. The van der Waals surface area contributed by atoms with Crippen LogP contribution in [0.2, 0.25) is 0 Å². The SMILES string of the molecule is N#Cc1ccccc1CS(=O)c1ccc2c(c1)CCC2. The second kappa shape index (κ2) is 5.60. The molecule has 20 heavy (non-hydrogen) atoms. The van der Waals surface area contributed by atoms with Gasteiger partial charge in [-0.05, 0) is 54.2 Å². The average Bonchev–Trinajstić information content (AvgIpc) is 2.95. The van der Waals surface area contributed by atoms with E-state index in [1.807, 2.05) is 24.3 Å². The minimum atomic E-state index is -1.09. The molecule has 100 valence electrons. The molecule has 1 unspecified atom stereocenters. The zero-order valence-electron chi connectivity index (χ0n) is 11.1. The largest absolute Gasteiger partial charge is 0.254 e. The van der Waals surface area contributed by atoms with Gasteiger partial charge >= 0.3 is 0 Å². The monoisotopic (exact) mass is 281 g/mol. The van der Waals surface area contributed by atoms with E-state index in [1.54, 1.807) is 6.07 Å². The van der Waals surface area contributed by atoms with Crippen molar-refractivity contribution in [1.29, 1.82) is 5.26 Å². The van der Waals surface area contributed by atoms with Gasteiger partial charge in [-0.3, -0.25) is 4.21 Å². The number of hydrogen-bond acceptors (Lipinski definition) is 2. The topological polar surface area (TPSA) is 40.9 Å². The van der Waals surface area contributed by atoms with Gasteiger partial charge in [-0.2, -0.15) is 5.26 Å². The van der Waals surface area contributed by atoms with Crippen LogP contribution in [0, 0.1) is 11.3 Å². The second-order valence-electron chi connectivity index (χ2n) is 5.04. The van der Waals surface area contributed by atoms with Crippen molar-refractivity contribution in [2.45, 2.75) is 29.9 Å². The van der Waals surface area contributed by atoms with Gasteiger partial charge in [-0.15, -0.1) is 0 Å². The van der Waals surface area contributed by atoms with Crippen LogP contribution in [0.4, 0.5) is 0 Å². The third-order valence-electron chi connectivity index (χ3n) is 3.76. The molecule has 0 N–H and O–H groups in total. The van der Waals surface area contributed by atoms with Crippen molar-refractivity contribution in [3.8, 4) is 6.07 Å². The van der Waals surface area contributed by atoms with Gasteiger partial charge in [0.1, 0.15) is 0 Å². The molecule has 0 heterocycles. The van der Waals surface area contributed by atoms with Crippen molar-refractivity contribution < 1.29 is 4.21 Å². The molecule has 1 aliphatic rings. The third-order valence-corrected chi connectivity index (χ3v) is 5.11. The fourth-order valence-electron chi connectivity index (χ4n) is 2.67. The van der Waals surface area contributed by atoms with Crippen LogP contribution in [-0.2, 0) is 29.4 Å². The summed E-state index contributed by atoms with van der Waals surface area (Å²) in [6.07, 6.45) is 3.43. The third kappa shape index (κ3) is 2.52. The maximum absolute atomic E-state index is 12.5. The highest BCUT2D eigenvalue weighted by Gasteiger charge is 2.14. The molecule has 0 aliphatic heterocycles. The summed E-state index contributed by atoms with van der Waals surface area (Å²) in [6.45, 7) is 0. The molecule has 0 bridgehead atoms. The van der Waals surface area contributed by atoms with Crippen LogP contribution in [0.3, 0.4) is 0 Å². The molecule has 0 spiro atoms. The first kappa shape index (κ1) is 13.1. The van der Waals surface area contributed by atoms with Crippen LogP contribution in [0.15, 0.2) is 47.4 Å². The van der Waals surface area contributed by atoms with Crippen molar-refractivity contribution >= 4 is 10.8 Å². The molecule has 0 amide bonds. The van der Waals surface area contributed by atoms with Crippen LogP contribution < -0.4 is 0 Å². The average molecular weight is 281 g/mol. The fourth-order valence-corrected chi connectivity index (χ4v) is 3.86. The molecule has 3 rings (SSSR count). The smallest absolute Gasteiger partial charge is 0.0994 e. The van der Waals surface area contributed by atoms with Crippen molar-refractivity contribution in [3.63, 3.8) is 0 Å². The normalized spacial score (nSPS) is 14.6. The summed E-state index contributed by atoms with van der Waals surface area (Å²) >= 11 is 0. The molecule has 2 aromatic rings. The Morgan fingerprint density at radius 2 is 1.90 bits per heavy atom. The van der Waals surface area contributed by atoms with Crippen LogP contribution in [0.1, 0.15) is 28.7 Å². The van der Waals surface area contributed by atoms with E-state index in [0.717, 1.165) is 23.3 Å². The van der Waals surface area contributed by atoms with E-state index < -0.39 is 10.8 Å². The molecule has 1 aliphatic carbocycles. The Bertz CT molecular complexity index is 715. The molecule has 1 atom stereocenters. The summed E-state index contributed by atoms with van der Waals surface area (Å²) in [7, 11) is -1.09. The first-order chi connectivity index (χ1) is 9.78. The Hall–Kier alpha value is -1.92. The number of benzene rings is 2. The highest BCUT2D eigenvalue weighted by molar-refractivity contribution is 7.84. The van der Waals surface area contributed by atoms with E-state index >= 15 is 0 Å². The Kier molecular flexibility index (Phi) is 3.66. The van der Waals surface area contributed by atoms with Crippen LogP contribution in [-0.4, -0.2) is 4.21 Å². The van der Waals surface area contributed by atoms with Crippen molar-refractivity contribution in [1.82, 2.24) is 0 Å². The molecular weight excluding hydrogens is 266 g/mol. The molecular formula is C17H15NOS. The number of nitriles is 1. The van der Waals surface area contributed by atoms with E-state index in [9.17, 15) is 4.21 Å². The lowest BCUT2D eigenvalue weighted by atomic mass is 10.1. The molecule has 0 saturated carbocycles. The Balaban J connectivity index is 1.85. The molecule has 0 aromatic heterocycles. The molecule has 2 aromatic carbocycles. The van der Waals surface area contributed by atoms with Gasteiger partial charge in [0, 0.05) is 4.90 Å². The molecule has 2 nitrogen and oxygen atoms in total. The minimum Gasteiger partial charge on any atom is -0.254 e. The maximum Gasteiger partial charge on any atom is 0.0994 e. The highest BCUT2D eigenvalue weighted by Crippen LogP contribution is 2.25. The van der Waals surface area contributed by atoms with Gasteiger partial charge in [-0.1, -0.05) is 24.3 Å².